The number of nitrogens with zero attached hydrogens (tertiary/aromatic N) is 1. The third-order valence-electron chi connectivity index (χ3n) is 2.03. The minimum absolute atomic E-state index is 0.341. The summed E-state index contributed by atoms with van der Waals surface area (Å²) in [5.41, 5.74) is 7.60. The quantitative estimate of drug-likeness (QED) is 0.805. The van der Waals surface area contributed by atoms with Crippen LogP contribution in [0.2, 0.25) is 5.02 Å². The molecule has 2 N–H and O–H groups in total. The van der Waals surface area contributed by atoms with Crippen molar-refractivity contribution in [3.8, 4) is 11.1 Å². The molecule has 1 aromatic carbocycles. The first-order chi connectivity index (χ1) is 7.16. The summed E-state index contributed by atoms with van der Waals surface area (Å²) in [6, 6.07) is 5.93. The van der Waals surface area contributed by atoms with Crippen LogP contribution < -0.4 is 5.73 Å². The molecule has 0 aliphatic heterocycles. The summed E-state index contributed by atoms with van der Waals surface area (Å²) >= 11 is 5.75. The Morgan fingerprint density at radius 1 is 1.27 bits per heavy atom. The molecule has 2 aromatic rings. The maximum Gasteiger partial charge on any atom is 0.125 e. The molecule has 0 unspecified atom stereocenters. The van der Waals surface area contributed by atoms with Crippen LogP contribution in [0.5, 0.6) is 0 Å². The van der Waals surface area contributed by atoms with E-state index in [2.05, 4.69) is 4.98 Å². The number of pyridine rings is 1. The van der Waals surface area contributed by atoms with E-state index < -0.39 is 0 Å². The topological polar surface area (TPSA) is 38.9 Å². The third kappa shape index (κ3) is 2.07. The van der Waals surface area contributed by atoms with Gasteiger partial charge >= 0.3 is 0 Å². The molecule has 0 saturated carbocycles. The molecular formula is C11H8ClFN2. The molecule has 2 nitrogen and oxygen atoms in total. The normalized spacial score (nSPS) is 10.3. The third-order valence-corrected chi connectivity index (χ3v) is 2.25. The highest BCUT2D eigenvalue weighted by Crippen LogP contribution is 2.27. The first kappa shape index (κ1) is 9.93. The van der Waals surface area contributed by atoms with Crippen LogP contribution in [-0.4, -0.2) is 4.98 Å². The fourth-order valence-corrected chi connectivity index (χ4v) is 1.58. The van der Waals surface area contributed by atoms with E-state index in [4.69, 9.17) is 17.3 Å². The average molecular weight is 223 g/mol. The smallest absolute Gasteiger partial charge is 0.125 e. The van der Waals surface area contributed by atoms with E-state index in [1.807, 2.05) is 0 Å². The maximum atomic E-state index is 13.1. The van der Waals surface area contributed by atoms with Crippen LogP contribution in [0.4, 0.5) is 10.1 Å². The van der Waals surface area contributed by atoms with Gasteiger partial charge in [-0.05, 0) is 29.8 Å². The van der Waals surface area contributed by atoms with Crippen molar-refractivity contribution in [2.45, 2.75) is 0 Å². The second-order valence-corrected chi connectivity index (χ2v) is 3.56. The Hall–Kier alpha value is -1.61. The molecule has 76 valence electrons. The Morgan fingerprint density at radius 2 is 2.07 bits per heavy atom. The molecule has 15 heavy (non-hydrogen) atoms. The molecule has 1 heterocycles. The van der Waals surface area contributed by atoms with E-state index in [0.717, 1.165) is 0 Å². The van der Waals surface area contributed by atoms with Gasteiger partial charge in [0.15, 0.2) is 0 Å². The molecule has 0 amide bonds. The van der Waals surface area contributed by atoms with Gasteiger partial charge in [0, 0.05) is 28.7 Å². The van der Waals surface area contributed by atoms with Gasteiger partial charge in [0.05, 0.1) is 0 Å². The maximum absolute atomic E-state index is 13.1. The number of aromatic nitrogens is 1. The molecule has 0 radical (unpaired) electrons. The highest BCUT2D eigenvalue weighted by Gasteiger charge is 2.05. The lowest BCUT2D eigenvalue weighted by Gasteiger charge is -2.05. The average Bonchev–Trinajstić information content (AvgIpc) is 2.16. The number of halogens is 2. The van der Waals surface area contributed by atoms with Gasteiger partial charge in [-0.1, -0.05) is 11.6 Å². The minimum atomic E-state index is -0.388. The zero-order valence-electron chi connectivity index (χ0n) is 7.74. The van der Waals surface area contributed by atoms with Gasteiger partial charge in [0.25, 0.3) is 0 Å². The van der Waals surface area contributed by atoms with Gasteiger partial charge in [-0.15, -0.1) is 0 Å². The second-order valence-electron chi connectivity index (χ2n) is 3.12. The van der Waals surface area contributed by atoms with Crippen molar-refractivity contribution < 1.29 is 4.39 Å². The van der Waals surface area contributed by atoms with E-state index in [1.165, 1.54) is 12.1 Å². The predicted octanol–water partition coefficient (Wildman–Crippen LogP) is 3.12. The summed E-state index contributed by atoms with van der Waals surface area (Å²) in [5.74, 6) is -0.388. The number of nitrogens with two attached hydrogens (primary N) is 1. The summed E-state index contributed by atoms with van der Waals surface area (Å²) in [4.78, 5) is 3.94. The summed E-state index contributed by atoms with van der Waals surface area (Å²) < 4.78 is 13.1. The monoisotopic (exact) mass is 222 g/mol. The number of nitrogen functional groups attached to an aromatic ring is 1. The van der Waals surface area contributed by atoms with Crippen LogP contribution in [0.1, 0.15) is 0 Å². The fourth-order valence-electron chi connectivity index (χ4n) is 1.36. The lowest BCUT2D eigenvalue weighted by atomic mass is 10.1. The number of hydrogen-bond acceptors (Lipinski definition) is 2. The lowest BCUT2D eigenvalue weighted by Crippen LogP contribution is -1.91. The van der Waals surface area contributed by atoms with Crippen molar-refractivity contribution in [1.82, 2.24) is 4.98 Å². The Morgan fingerprint density at radius 3 is 2.73 bits per heavy atom. The molecule has 2 rings (SSSR count). The van der Waals surface area contributed by atoms with Crippen molar-refractivity contribution in [3.05, 3.63) is 47.5 Å². The van der Waals surface area contributed by atoms with Crippen LogP contribution in [0.15, 0.2) is 36.7 Å². The van der Waals surface area contributed by atoms with Crippen LogP contribution in [0, 0.1) is 5.82 Å². The zero-order valence-corrected chi connectivity index (χ0v) is 8.50. The lowest BCUT2D eigenvalue weighted by molar-refractivity contribution is 0.628. The van der Waals surface area contributed by atoms with Crippen molar-refractivity contribution in [2.24, 2.45) is 0 Å². The van der Waals surface area contributed by atoms with Gasteiger partial charge in [-0.3, -0.25) is 4.98 Å². The van der Waals surface area contributed by atoms with Gasteiger partial charge in [-0.25, -0.2) is 4.39 Å². The van der Waals surface area contributed by atoms with Crippen molar-refractivity contribution >= 4 is 17.3 Å². The molecule has 0 spiro atoms. The Balaban J connectivity index is 2.59. The number of anilines is 1. The molecular weight excluding hydrogens is 215 g/mol. The molecule has 0 atom stereocenters. The summed E-state index contributed by atoms with van der Waals surface area (Å²) in [7, 11) is 0. The van der Waals surface area contributed by atoms with E-state index in [-0.39, 0.29) is 5.82 Å². The number of hydrogen-bond donors (Lipinski definition) is 1. The minimum Gasteiger partial charge on any atom is -0.398 e. The van der Waals surface area contributed by atoms with E-state index in [0.29, 0.717) is 21.8 Å². The molecule has 0 aliphatic rings. The summed E-state index contributed by atoms with van der Waals surface area (Å²) in [5, 5.41) is 0.341. The summed E-state index contributed by atoms with van der Waals surface area (Å²) in [6.45, 7) is 0. The van der Waals surface area contributed by atoms with E-state index in [9.17, 15) is 4.39 Å². The van der Waals surface area contributed by atoms with Crippen molar-refractivity contribution in [3.63, 3.8) is 0 Å². The van der Waals surface area contributed by atoms with Crippen LogP contribution in [-0.2, 0) is 0 Å². The molecule has 0 bridgehead atoms. The van der Waals surface area contributed by atoms with Crippen molar-refractivity contribution in [1.29, 1.82) is 0 Å². The molecule has 0 saturated heterocycles. The predicted molar refractivity (Wildman–Crippen MR) is 59.1 cm³/mol. The van der Waals surface area contributed by atoms with Gasteiger partial charge < -0.3 is 5.73 Å². The highest BCUT2D eigenvalue weighted by molar-refractivity contribution is 6.30. The highest BCUT2D eigenvalue weighted by atomic mass is 35.5. The first-order valence-electron chi connectivity index (χ1n) is 4.33. The van der Waals surface area contributed by atoms with Gasteiger partial charge in [0.2, 0.25) is 0 Å². The molecule has 0 aliphatic carbocycles. The number of rotatable bonds is 1. The van der Waals surface area contributed by atoms with E-state index >= 15 is 0 Å². The first-order valence-corrected chi connectivity index (χ1v) is 4.70. The van der Waals surface area contributed by atoms with Crippen LogP contribution in [0.25, 0.3) is 11.1 Å². The van der Waals surface area contributed by atoms with Crippen LogP contribution in [0.3, 0.4) is 0 Å². The SMILES string of the molecule is Nc1ccncc1-c1cc(F)cc(Cl)c1. The van der Waals surface area contributed by atoms with E-state index in [1.54, 1.807) is 24.5 Å². The Kier molecular flexibility index (Phi) is 2.56. The Labute approximate surface area is 91.5 Å². The summed E-state index contributed by atoms with van der Waals surface area (Å²) in [6.07, 6.45) is 3.17. The molecule has 0 fully saturated rings. The van der Waals surface area contributed by atoms with Gasteiger partial charge in [-0.2, -0.15) is 0 Å². The number of benzene rings is 1. The van der Waals surface area contributed by atoms with Crippen molar-refractivity contribution in [2.75, 3.05) is 5.73 Å². The van der Waals surface area contributed by atoms with Gasteiger partial charge in [0.1, 0.15) is 5.82 Å². The second kappa shape index (κ2) is 3.87. The molecule has 1 aromatic heterocycles. The van der Waals surface area contributed by atoms with Crippen LogP contribution >= 0.6 is 11.6 Å². The standard InChI is InChI=1S/C11H8ClFN2/c12-8-3-7(4-9(13)5-8)10-6-15-2-1-11(10)14/h1-6H,(H2,14,15). The molecule has 4 heteroatoms. The zero-order chi connectivity index (χ0) is 10.8. The Bertz CT molecular complexity index is 479. The largest absolute Gasteiger partial charge is 0.398 e. The fraction of sp³-hybridized carbons (Fsp3) is 0.